The minimum absolute atomic E-state index is 0.241. The Bertz CT molecular complexity index is 226. The zero-order valence-electron chi connectivity index (χ0n) is 7.93. The van der Waals surface area contributed by atoms with Crippen LogP contribution < -0.4 is 4.74 Å². The highest BCUT2D eigenvalue weighted by Gasteiger charge is 1.95. The van der Waals surface area contributed by atoms with E-state index in [0.29, 0.717) is 19.1 Å². The molecule has 0 amide bonds. The Morgan fingerprint density at radius 1 is 1.38 bits per heavy atom. The summed E-state index contributed by atoms with van der Waals surface area (Å²) in [5.41, 5.74) is 0. The monoisotopic (exact) mass is 182 g/mol. The van der Waals surface area contributed by atoms with Crippen LogP contribution in [0.5, 0.6) is 5.88 Å². The maximum absolute atomic E-state index is 5.29. The Kier molecular flexibility index (Phi) is 4.18. The van der Waals surface area contributed by atoms with Crippen LogP contribution in [0.1, 0.15) is 13.8 Å². The summed E-state index contributed by atoms with van der Waals surface area (Å²) in [6.45, 7) is 5.07. The number of hydrogen-bond acceptors (Lipinski definition) is 4. The van der Waals surface area contributed by atoms with Gasteiger partial charge in [0.2, 0.25) is 5.88 Å². The topological polar surface area (TPSA) is 44.2 Å². The molecule has 0 saturated heterocycles. The summed E-state index contributed by atoms with van der Waals surface area (Å²) in [7, 11) is 0. The summed E-state index contributed by atoms with van der Waals surface area (Å²) in [5.74, 6) is 0.537. The third-order valence-corrected chi connectivity index (χ3v) is 1.33. The number of aromatic nitrogens is 2. The predicted octanol–water partition coefficient (Wildman–Crippen LogP) is 1.28. The van der Waals surface area contributed by atoms with Crippen molar-refractivity contribution in [2.75, 3.05) is 13.2 Å². The lowest BCUT2D eigenvalue weighted by Crippen LogP contribution is -2.11. The molecule has 0 bridgehead atoms. The molecule has 0 aliphatic carbocycles. The summed E-state index contributed by atoms with van der Waals surface area (Å²) in [4.78, 5) is 0. The first kappa shape index (κ1) is 9.92. The van der Waals surface area contributed by atoms with Crippen LogP contribution in [0.3, 0.4) is 0 Å². The standard InChI is InChI=1S/C9H14N2O2/c1-8(2)12-6-7-13-9-4-3-5-10-11-9/h3-5,8H,6-7H2,1-2H3. The van der Waals surface area contributed by atoms with Gasteiger partial charge in [0, 0.05) is 12.3 Å². The maximum atomic E-state index is 5.29. The lowest BCUT2D eigenvalue weighted by atomic mass is 10.5. The first-order chi connectivity index (χ1) is 6.29. The van der Waals surface area contributed by atoms with Crippen LogP contribution in [-0.2, 0) is 4.74 Å². The van der Waals surface area contributed by atoms with Crippen molar-refractivity contribution in [1.82, 2.24) is 10.2 Å². The lowest BCUT2D eigenvalue weighted by Gasteiger charge is -2.07. The number of nitrogens with zero attached hydrogens (tertiary/aromatic N) is 2. The fourth-order valence-corrected chi connectivity index (χ4v) is 0.794. The molecule has 13 heavy (non-hydrogen) atoms. The Morgan fingerprint density at radius 3 is 2.85 bits per heavy atom. The molecule has 0 atom stereocenters. The summed E-state index contributed by atoms with van der Waals surface area (Å²) in [6, 6.07) is 3.55. The van der Waals surface area contributed by atoms with Gasteiger partial charge in [-0.2, -0.15) is 5.10 Å². The molecule has 0 aliphatic heterocycles. The molecule has 1 aromatic heterocycles. The van der Waals surface area contributed by atoms with E-state index in [1.807, 2.05) is 13.8 Å². The third kappa shape index (κ3) is 4.42. The summed E-state index contributed by atoms with van der Waals surface area (Å²) < 4.78 is 10.5. The molecule has 4 heteroatoms. The molecule has 0 aliphatic rings. The molecule has 1 rings (SSSR count). The Labute approximate surface area is 77.9 Å². The van der Waals surface area contributed by atoms with E-state index in [4.69, 9.17) is 9.47 Å². The SMILES string of the molecule is CC(C)OCCOc1cccnn1. The largest absolute Gasteiger partial charge is 0.474 e. The van der Waals surface area contributed by atoms with Gasteiger partial charge in [-0.05, 0) is 19.9 Å². The van der Waals surface area contributed by atoms with Gasteiger partial charge in [-0.25, -0.2) is 0 Å². The van der Waals surface area contributed by atoms with Crippen molar-refractivity contribution in [2.24, 2.45) is 0 Å². The van der Waals surface area contributed by atoms with Gasteiger partial charge < -0.3 is 9.47 Å². The van der Waals surface area contributed by atoms with Crippen molar-refractivity contribution >= 4 is 0 Å². The van der Waals surface area contributed by atoms with Crippen molar-refractivity contribution in [3.8, 4) is 5.88 Å². The molecular formula is C9H14N2O2. The highest BCUT2D eigenvalue weighted by atomic mass is 16.5. The van der Waals surface area contributed by atoms with Crippen molar-refractivity contribution in [3.05, 3.63) is 18.3 Å². The average Bonchev–Trinajstić information content (AvgIpc) is 2.14. The van der Waals surface area contributed by atoms with E-state index < -0.39 is 0 Å². The van der Waals surface area contributed by atoms with Gasteiger partial charge in [0.1, 0.15) is 6.61 Å². The van der Waals surface area contributed by atoms with Crippen LogP contribution in [0.25, 0.3) is 0 Å². The van der Waals surface area contributed by atoms with E-state index in [2.05, 4.69) is 10.2 Å². The third-order valence-electron chi connectivity index (χ3n) is 1.33. The molecule has 0 radical (unpaired) electrons. The van der Waals surface area contributed by atoms with Crippen LogP contribution in [-0.4, -0.2) is 29.5 Å². The Hall–Kier alpha value is -1.16. The molecular weight excluding hydrogens is 168 g/mol. The van der Waals surface area contributed by atoms with E-state index in [1.165, 1.54) is 0 Å². The maximum Gasteiger partial charge on any atom is 0.233 e. The fraction of sp³-hybridized carbons (Fsp3) is 0.556. The molecule has 0 fully saturated rings. The number of rotatable bonds is 5. The first-order valence-corrected chi connectivity index (χ1v) is 4.31. The first-order valence-electron chi connectivity index (χ1n) is 4.31. The fourth-order valence-electron chi connectivity index (χ4n) is 0.794. The molecule has 0 unspecified atom stereocenters. The van der Waals surface area contributed by atoms with Crippen molar-refractivity contribution in [3.63, 3.8) is 0 Å². The van der Waals surface area contributed by atoms with Gasteiger partial charge in [-0.3, -0.25) is 0 Å². The molecule has 4 nitrogen and oxygen atoms in total. The van der Waals surface area contributed by atoms with Gasteiger partial charge >= 0.3 is 0 Å². The van der Waals surface area contributed by atoms with Crippen LogP contribution in [0, 0.1) is 0 Å². The van der Waals surface area contributed by atoms with E-state index in [-0.39, 0.29) is 6.10 Å². The minimum atomic E-state index is 0.241. The molecule has 0 N–H and O–H groups in total. The molecule has 0 saturated carbocycles. The van der Waals surface area contributed by atoms with E-state index in [0.717, 1.165) is 0 Å². The van der Waals surface area contributed by atoms with Gasteiger partial charge in [0.05, 0.1) is 12.7 Å². The number of hydrogen-bond donors (Lipinski definition) is 0. The average molecular weight is 182 g/mol. The van der Waals surface area contributed by atoms with Crippen LogP contribution in [0.4, 0.5) is 0 Å². The van der Waals surface area contributed by atoms with Gasteiger partial charge in [0.25, 0.3) is 0 Å². The second-order valence-electron chi connectivity index (χ2n) is 2.83. The quantitative estimate of drug-likeness (QED) is 0.643. The van der Waals surface area contributed by atoms with Crippen LogP contribution in [0.15, 0.2) is 18.3 Å². The number of ether oxygens (including phenoxy) is 2. The summed E-state index contributed by atoms with van der Waals surface area (Å²) in [6.07, 6.45) is 1.85. The minimum Gasteiger partial charge on any atom is -0.474 e. The van der Waals surface area contributed by atoms with Crippen LogP contribution in [0.2, 0.25) is 0 Å². The normalized spacial score (nSPS) is 10.4. The second kappa shape index (κ2) is 5.48. The molecule has 1 aromatic rings. The molecule has 72 valence electrons. The predicted molar refractivity (Wildman–Crippen MR) is 48.6 cm³/mol. The summed E-state index contributed by atoms with van der Waals surface area (Å²) in [5, 5.41) is 7.45. The molecule has 0 spiro atoms. The van der Waals surface area contributed by atoms with E-state index in [9.17, 15) is 0 Å². The van der Waals surface area contributed by atoms with Gasteiger partial charge in [0.15, 0.2) is 0 Å². The Balaban J connectivity index is 2.13. The van der Waals surface area contributed by atoms with Crippen molar-refractivity contribution in [2.45, 2.75) is 20.0 Å². The lowest BCUT2D eigenvalue weighted by molar-refractivity contribution is 0.0540. The van der Waals surface area contributed by atoms with Crippen LogP contribution >= 0.6 is 0 Å². The Morgan fingerprint density at radius 2 is 2.23 bits per heavy atom. The zero-order valence-corrected chi connectivity index (χ0v) is 7.93. The summed E-state index contributed by atoms with van der Waals surface area (Å²) >= 11 is 0. The van der Waals surface area contributed by atoms with Gasteiger partial charge in [-0.1, -0.05) is 0 Å². The smallest absolute Gasteiger partial charge is 0.233 e. The van der Waals surface area contributed by atoms with Gasteiger partial charge in [-0.15, -0.1) is 5.10 Å². The highest BCUT2D eigenvalue weighted by molar-refractivity contribution is 5.04. The highest BCUT2D eigenvalue weighted by Crippen LogP contribution is 2.00. The molecule has 0 aromatic carbocycles. The van der Waals surface area contributed by atoms with Crippen molar-refractivity contribution < 1.29 is 9.47 Å². The zero-order chi connectivity index (χ0) is 9.52. The molecule has 1 heterocycles. The van der Waals surface area contributed by atoms with E-state index in [1.54, 1.807) is 18.3 Å². The van der Waals surface area contributed by atoms with E-state index >= 15 is 0 Å². The second-order valence-corrected chi connectivity index (χ2v) is 2.83. The van der Waals surface area contributed by atoms with Crippen molar-refractivity contribution in [1.29, 1.82) is 0 Å².